The largest absolute Gasteiger partial charge is 0.508 e. The van der Waals surface area contributed by atoms with Crippen LogP contribution in [0.5, 0.6) is 46.0 Å². The fraction of sp³-hybridized carbons (Fsp3) is 0.242. The van der Waals surface area contributed by atoms with Crippen molar-refractivity contribution in [2.45, 2.75) is 87.7 Å². The molecule has 0 fully saturated rings. The lowest BCUT2D eigenvalue weighted by Crippen LogP contribution is -2.59. The third-order valence-corrected chi connectivity index (χ3v) is 16.4. The molecule has 0 aliphatic carbocycles. The number of amides is 8. The molecule has 0 radical (unpaired) electrons. The number of aliphatic hydroxyl groups is 2. The Morgan fingerprint density at radius 2 is 1.24 bits per heavy atom. The first-order valence-electron chi connectivity index (χ1n) is 29.1. The third-order valence-electron chi connectivity index (χ3n) is 15.9. The number of aromatic hydroxyl groups is 4. The Labute approximate surface area is 540 Å². The molecule has 0 aromatic heterocycles. The first-order chi connectivity index (χ1) is 44.3. The average Bonchev–Trinajstić information content (AvgIpc) is 0.775. The van der Waals surface area contributed by atoms with Gasteiger partial charge in [-0.2, -0.15) is 0 Å². The molecule has 8 amide bonds. The van der Waals surface area contributed by atoms with Gasteiger partial charge in [0.05, 0.1) is 17.5 Å². The second-order valence-electron chi connectivity index (χ2n) is 22.8. The van der Waals surface area contributed by atoms with E-state index in [0.717, 1.165) is 47.5 Å². The predicted molar refractivity (Wildman–Crippen MR) is 336 cm³/mol. The number of carbonyl (C=O) groups excluding carboxylic acids is 8. The minimum atomic E-state index is -2.13. The van der Waals surface area contributed by atoms with Crippen molar-refractivity contribution >= 4 is 70.5 Å². The van der Waals surface area contributed by atoms with E-state index in [0.29, 0.717) is 10.6 Å². The Hall–Kier alpha value is -10.4. The molecule has 9 atom stereocenters. The predicted octanol–water partition coefficient (Wildman–Crippen LogP) is 5.29. The zero-order chi connectivity index (χ0) is 66.7. The molecule has 7 aromatic carbocycles. The van der Waals surface area contributed by atoms with Crippen molar-refractivity contribution in [2.24, 2.45) is 11.7 Å². The Bertz CT molecular complexity index is 4100. The maximum absolute atomic E-state index is 15.6. The van der Waals surface area contributed by atoms with Gasteiger partial charge in [-0.3, -0.25) is 38.4 Å². The average molecular weight is 1310 g/mol. The van der Waals surface area contributed by atoms with Crippen molar-refractivity contribution in [3.05, 3.63) is 177 Å². The normalized spacial score (nSPS) is 20.8. The minimum Gasteiger partial charge on any atom is -0.508 e. The second kappa shape index (κ2) is 27.6. The standard InChI is InChI=1S/C66H63Cl2N9O16/c1-29(2)20-43(70-3)60(85)76-56-58(83)35-13-19-47(42(68)22-35)93-49-24-36-23-48(59(49)84)92-39-16-10-33(11-17-39)57(82)55-66(91)75-54(62(87)71-28-30-4-6-31(7-5-30)32-8-14-37(67)15-9-32)41-25-38(78)26-46(80)51(41)40-21-34(12-18-45(40)79)52(63(88)77-55)74-64(89)53(36)73-61(86)44(27-50(69)81)72-65(56)90/h4-19,21-26,29,43-44,52-58,70,78-80,82-84H,20,27-28H2,1-3H3,(H2,69,81)(H,71,87)(H,72,90)(H,73,86)(H,74,89)(H,75,91)(H,76,85)(H,77,88)/t43-,44+,52-,53-,54+,55+,56-,57-,58-/m1/s1. The molecular weight excluding hydrogens is 1250 g/mol. The Morgan fingerprint density at radius 1 is 0.613 bits per heavy atom. The van der Waals surface area contributed by atoms with Crippen LogP contribution in [0, 0.1) is 5.92 Å². The van der Waals surface area contributed by atoms with Gasteiger partial charge in [0, 0.05) is 28.8 Å². The fourth-order valence-electron chi connectivity index (χ4n) is 11.1. The Kier molecular flexibility index (Phi) is 19.4. The summed E-state index contributed by atoms with van der Waals surface area (Å²) in [5.41, 5.74) is 6.33. The minimum absolute atomic E-state index is 0.0329. The first-order valence-corrected chi connectivity index (χ1v) is 29.9. The zero-order valence-electron chi connectivity index (χ0n) is 49.7. The van der Waals surface area contributed by atoms with Gasteiger partial charge in [-0.05, 0) is 131 Å². The van der Waals surface area contributed by atoms with E-state index in [-0.39, 0.29) is 74.3 Å². The number of carbonyl (C=O) groups is 8. The van der Waals surface area contributed by atoms with E-state index in [1.54, 1.807) is 24.3 Å². The van der Waals surface area contributed by atoms with Crippen molar-refractivity contribution < 1.29 is 78.5 Å². The summed E-state index contributed by atoms with van der Waals surface area (Å²) in [5.74, 6) is -13.1. The number of rotatable bonds is 11. The van der Waals surface area contributed by atoms with E-state index >= 15 is 14.4 Å². The van der Waals surface area contributed by atoms with Gasteiger partial charge in [0.1, 0.15) is 77.2 Å². The fourth-order valence-corrected chi connectivity index (χ4v) is 11.4. The van der Waals surface area contributed by atoms with Gasteiger partial charge in [-0.25, -0.2) is 0 Å². The molecule has 7 aromatic rings. The Balaban J connectivity index is 1.11. The smallest absolute Gasteiger partial charge is 0.248 e. The van der Waals surface area contributed by atoms with E-state index in [9.17, 15) is 54.6 Å². The Morgan fingerprint density at radius 3 is 1.89 bits per heavy atom. The maximum atomic E-state index is 15.6. The van der Waals surface area contributed by atoms with Crippen LogP contribution < -0.4 is 57.7 Å². The quantitative estimate of drug-likeness (QED) is 0.0782. The molecule has 25 nitrogen and oxygen atoms in total. The summed E-state index contributed by atoms with van der Waals surface area (Å²) in [6, 6.07) is 17.7. The number of benzene rings is 7. The molecule has 5 aliphatic heterocycles. The summed E-state index contributed by atoms with van der Waals surface area (Å²) in [6.45, 7) is 3.55. The number of phenols is 4. The van der Waals surface area contributed by atoms with Gasteiger partial charge in [-0.15, -0.1) is 0 Å². The molecule has 0 saturated heterocycles. The first kappa shape index (κ1) is 65.5. The second-order valence-corrected chi connectivity index (χ2v) is 23.7. The number of nitrogens with one attached hydrogen (secondary N) is 8. The highest BCUT2D eigenvalue weighted by Crippen LogP contribution is 2.47. The maximum Gasteiger partial charge on any atom is 0.248 e. The van der Waals surface area contributed by atoms with Crippen LogP contribution in [-0.2, 0) is 44.9 Å². The van der Waals surface area contributed by atoms with Gasteiger partial charge in [0.25, 0.3) is 0 Å². The lowest BCUT2D eigenvalue weighted by atomic mass is 9.89. The van der Waals surface area contributed by atoms with E-state index in [1.165, 1.54) is 55.6 Å². The number of aliphatic hydroxyl groups excluding tert-OH is 2. The molecule has 0 saturated carbocycles. The molecule has 0 unspecified atom stereocenters. The van der Waals surface area contributed by atoms with E-state index < -0.39 is 143 Å². The van der Waals surface area contributed by atoms with Crippen LogP contribution in [0.15, 0.2) is 133 Å². The number of hydrogen-bond donors (Lipinski definition) is 15. The summed E-state index contributed by atoms with van der Waals surface area (Å²) in [5, 5.41) is 91.9. The van der Waals surface area contributed by atoms with Gasteiger partial charge in [0.2, 0.25) is 53.0 Å². The van der Waals surface area contributed by atoms with Crippen molar-refractivity contribution in [2.75, 3.05) is 7.05 Å². The highest BCUT2D eigenvalue weighted by atomic mass is 35.5. The van der Waals surface area contributed by atoms with Crippen molar-refractivity contribution in [1.29, 1.82) is 0 Å². The number of primary amides is 1. The van der Waals surface area contributed by atoms with Crippen LogP contribution in [0.25, 0.3) is 22.3 Å². The molecule has 5 heterocycles. The summed E-state index contributed by atoms with van der Waals surface area (Å²) in [6.07, 6.45) is -4.64. The van der Waals surface area contributed by atoms with Crippen molar-refractivity contribution in [1.82, 2.24) is 42.5 Å². The lowest BCUT2D eigenvalue weighted by Gasteiger charge is -2.31. The lowest BCUT2D eigenvalue weighted by molar-refractivity contribution is -0.138. The van der Waals surface area contributed by atoms with E-state index in [4.69, 9.17) is 38.4 Å². The van der Waals surface area contributed by atoms with Crippen molar-refractivity contribution in [3.63, 3.8) is 0 Å². The summed E-state index contributed by atoms with van der Waals surface area (Å²) in [4.78, 5) is 117. The molecule has 27 heteroatoms. The van der Waals surface area contributed by atoms with Gasteiger partial charge < -0.3 is 88.4 Å². The number of likely N-dealkylation sites (N-methyl/N-ethyl adjacent to an activating group) is 1. The molecule has 12 rings (SSSR count). The highest BCUT2D eigenvalue weighted by molar-refractivity contribution is 6.32. The monoisotopic (exact) mass is 1310 g/mol. The molecule has 5 aliphatic rings. The van der Waals surface area contributed by atoms with Gasteiger partial charge >= 0.3 is 0 Å². The third kappa shape index (κ3) is 14.5. The topological polar surface area (TPSA) is 399 Å². The molecule has 16 N–H and O–H groups in total. The number of halogens is 2. The number of hydrogen-bond acceptors (Lipinski definition) is 17. The summed E-state index contributed by atoms with van der Waals surface area (Å²) in [7, 11) is 1.51. The summed E-state index contributed by atoms with van der Waals surface area (Å²) < 4.78 is 12.4. The number of fused-ring (bicyclic) bond motifs is 15. The van der Waals surface area contributed by atoms with Crippen LogP contribution in [0.4, 0.5) is 0 Å². The SMILES string of the molecule is CN[C@H](CC(C)C)C(=O)N[C@H]1C(=O)N[C@@H](CC(N)=O)C(=O)N[C@H]2C(=O)N[C@H]3C(=O)N[C@H](C(=O)N[C@H](C(=O)NCc4ccc(-c5ccc(Cl)cc5)cc4)c4cc(O)cc(O)c4-c4cc3ccc4O)[C@H](O)c3ccc(cc3)Oc3cc2cc(c3O)Oc2ccc(cc2Cl)[C@H]1O. The van der Waals surface area contributed by atoms with Crippen LogP contribution in [0.1, 0.15) is 90.4 Å². The molecular formula is C66H63Cl2N9O16. The molecule has 93 heavy (non-hydrogen) atoms. The van der Waals surface area contributed by atoms with Crippen LogP contribution in [0.2, 0.25) is 10.0 Å². The number of nitrogens with two attached hydrogens (primary N) is 1. The molecule has 482 valence electrons. The van der Waals surface area contributed by atoms with Crippen molar-refractivity contribution in [3.8, 4) is 68.2 Å². The van der Waals surface area contributed by atoms with E-state index in [2.05, 4.69) is 42.5 Å². The molecule has 0 spiro atoms. The van der Waals surface area contributed by atoms with Gasteiger partial charge in [0.15, 0.2) is 11.5 Å². The van der Waals surface area contributed by atoms with Gasteiger partial charge in [-0.1, -0.05) is 97.7 Å². The zero-order valence-corrected chi connectivity index (χ0v) is 51.2. The van der Waals surface area contributed by atoms with E-state index in [1.807, 2.05) is 38.1 Å². The van der Waals surface area contributed by atoms with Crippen LogP contribution in [0.3, 0.4) is 0 Å². The van der Waals surface area contributed by atoms with Crippen LogP contribution >= 0.6 is 23.2 Å². The number of phenolic OH excluding ortho intramolecular Hbond substituents is 4. The van der Waals surface area contributed by atoms with Crippen LogP contribution in [-0.4, -0.2) is 109 Å². The number of ether oxygens (including phenoxy) is 2. The summed E-state index contributed by atoms with van der Waals surface area (Å²) >= 11 is 12.9. The molecule has 11 bridgehead atoms. The highest BCUT2D eigenvalue weighted by Gasteiger charge is 2.42.